The summed E-state index contributed by atoms with van der Waals surface area (Å²) in [6, 6.07) is 14.4. The van der Waals surface area contributed by atoms with Crippen molar-refractivity contribution in [2.45, 2.75) is 23.8 Å². The van der Waals surface area contributed by atoms with Crippen molar-refractivity contribution in [3.63, 3.8) is 0 Å². The van der Waals surface area contributed by atoms with Crippen LogP contribution in [0.4, 0.5) is 0 Å². The maximum atomic E-state index is 12.7. The molecule has 0 saturated heterocycles. The van der Waals surface area contributed by atoms with Crippen molar-refractivity contribution >= 4 is 15.7 Å². The van der Waals surface area contributed by atoms with Gasteiger partial charge in [0.05, 0.1) is 10.9 Å². The molecule has 0 unspecified atom stereocenters. The lowest BCUT2D eigenvalue weighted by Crippen LogP contribution is -2.30. The normalized spacial score (nSPS) is 16.9. The van der Waals surface area contributed by atoms with Crippen molar-refractivity contribution in [2.24, 2.45) is 0 Å². The van der Waals surface area contributed by atoms with Crippen molar-refractivity contribution < 1.29 is 13.2 Å². The van der Waals surface area contributed by atoms with E-state index >= 15 is 0 Å². The third-order valence-electron chi connectivity index (χ3n) is 4.42. The number of amides is 1. The summed E-state index contributed by atoms with van der Waals surface area (Å²) in [4.78, 5) is 14.7. The Bertz CT molecular complexity index is 841. The van der Waals surface area contributed by atoms with E-state index in [1.165, 1.54) is 23.3 Å². The van der Waals surface area contributed by atoms with E-state index in [9.17, 15) is 13.2 Å². The zero-order valence-corrected chi connectivity index (χ0v) is 14.0. The first kappa shape index (κ1) is 15.7. The Morgan fingerprint density at radius 1 is 1.09 bits per heavy atom. The summed E-state index contributed by atoms with van der Waals surface area (Å²) in [6.45, 7) is 0. The van der Waals surface area contributed by atoms with Crippen molar-refractivity contribution in [1.82, 2.24) is 4.90 Å². The minimum atomic E-state index is -3.25. The van der Waals surface area contributed by atoms with Crippen molar-refractivity contribution in [3.8, 4) is 0 Å². The Hall–Kier alpha value is -2.14. The highest BCUT2D eigenvalue weighted by Gasteiger charge is 2.28. The number of rotatable bonds is 3. The van der Waals surface area contributed by atoms with E-state index in [2.05, 4.69) is 12.1 Å². The van der Waals surface area contributed by atoms with Crippen molar-refractivity contribution in [2.75, 3.05) is 13.3 Å². The minimum Gasteiger partial charge on any atom is -0.335 e. The zero-order chi connectivity index (χ0) is 16.6. The fourth-order valence-corrected chi connectivity index (χ4v) is 3.76. The van der Waals surface area contributed by atoms with Crippen LogP contribution in [0.25, 0.3) is 0 Å². The molecular formula is C18H19NO3S. The van der Waals surface area contributed by atoms with E-state index < -0.39 is 9.84 Å². The number of carbonyl (C=O) groups is 1. The van der Waals surface area contributed by atoms with Gasteiger partial charge in [0.25, 0.3) is 5.91 Å². The lowest BCUT2D eigenvalue weighted by atomic mass is 10.1. The van der Waals surface area contributed by atoms with Crippen LogP contribution in [-0.2, 0) is 16.3 Å². The Morgan fingerprint density at radius 3 is 2.39 bits per heavy atom. The highest BCUT2D eigenvalue weighted by atomic mass is 32.2. The Balaban J connectivity index is 1.84. The lowest BCUT2D eigenvalue weighted by molar-refractivity contribution is 0.0730. The quantitative estimate of drug-likeness (QED) is 0.870. The highest BCUT2D eigenvalue weighted by Crippen LogP contribution is 2.35. The summed E-state index contributed by atoms with van der Waals surface area (Å²) in [5, 5.41) is 0. The SMILES string of the molecule is CN(C(=O)c1ccc(S(C)(=O)=O)cc1)[C@H]1CCc2ccccc21. The second-order valence-corrected chi connectivity index (χ2v) is 7.98. The molecule has 23 heavy (non-hydrogen) atoms. The molecule has 0 N–H and O–H groups in total. The molecular weight excluding hydrogens is 310 g/mol. The van der Waals surface area contributed by atoms with Crippen LogP contribution >= 0.6 is 0 Å². The molecule has 4 nitrogen and oxygen atoms in total. The zero-order valence-electron chi connectivity index (χ0n) is 13.2. The van der Waals surface area contributed by atoms with Crippen LogP contribution in [0.1, 0.15) is 33.9 Å². The maximum Gasteiger partial charge on any atom is 0.254 e. The second kappa shape index (κ2) is 5.81. The largest absolute Gasteiger partial charge is 0.335 e. The molecule has 0 fully saturated rings. The molecule has 1 aliphatic carbocycles. The van der Waals surface area contributed by atoms with Gasteiger partial charge in [-0.2, -0.15) is 0 Å². The molecule has 0 aromatic heterocycles. The van der Waals surface area contributed by atoms with Gasteiger partial charge >= 0.3 is 0 Å². The molecule has 1 aliphatic rings. The molecule has 2 aromatic carbocycles. The van der Waals surface area contributed by atoms with E-state index in [-0.39, 0.29) is 16.8 Å². The van der Waals surface area contributed by atoms with E-state index in [0.29, 0.717) is 5.56 Å². The summed E-state index contributed by atoms with van der Waals surface area (Å²) in [5.74, 6) is -0.0910. The number of hydrogen-bond acceptors (Lipinski definition) is 3. The van der Waals surface area contributed by atoms with Crippen LogP contribution in [0.3, 0.4) is 0 Å². The molecule has 0 saturated carbocycles. The van der Waals surface area contributed by atoms with Gasteiger partial charge in [0, 0.05) is 18.9 Å². The highest BCUT2D eigenvalue weighted by molar-refractivity contribution is 7.90. The predicted molar refractivity (Wildman–Crippen MR) is 89.1 cm³/mol. The molecule has 1 amide bonds. The fourth-order valence-electron chi connectivity index (χ4n) is 3.13. The van der Waals surface area contributed by atoms with Gasteiger partial charge in [-0.15, -0.1) is 0 Å². The minimum absolute atomic E-state index is 0.0771. The Labute approximate surface area is 136 Å². The van der Waals surface area contributed by atoms with Gasteiger partial charge in [0.2, 0.25) is 0 Å². The average molecular weight is 329 g/mol. The van der Waals surface area contributed by atoms with Crippen LogP contribution in [0.2, 0.25) is 0 Å². The number of benzene rings is 2. The lowest BCUT2D eigenvalue weighted by Gasteiger charge is -2.25. The van der Waals surface area contributed by atoms with Gasteiger partial charge in [0.1, 0.15) is 0 Å². The standard InChI is InChI=1S/C18H19NO3S/c1-19(17-12-9-13-5-3-4-6-16(13)17)18(20)14-7-10-15(11-8-14)23(2,21)22/h3-8,10-11,17H,9,12H2,1-2H3/t17-/m0/s1. The number of aryl methyl sites for hydroxylation is 1. The van der Waals surface area contributed by atoms with E-state index in [1.54, 1.807) is 24.1 Å². The van der Waals surface area contributed by atoms with Gasteiger partial charge in [-0.25, -0.2) is 8.42 Å². The van der Waals surface area contributed by atoms with E-state index in [1.807, 2.05) is 12.1 Å². The maximum absolute atomic E-state index is 12.7. The van der Waals surface area contributed by atoms with Gasteiger partial charge in [-0.05, 0) is 48.2 Å². The molecule has 2 aromatic rings. The first-order valence-corrected chi connectivity index (χ1v) is 9.42. The smallest absolute Gasteiger partial charge is 0.254 e. The van der Waals surface area contributed by atoms with Gasteiger partial charge in [-0.3, -0.25) is 4.79 Å². The number of nitrogens with zero attached hydrogens (tertiary/aromatic N) is 1. The molecule has 0 aliphatic heterocycles. The van der Waals surface area contributed by atoms with E-state index in [0.717, 1.165) is 19.1 Å². The van der Waals surface area contributed by atoms with Crippen LogP contribution < -0.4 is 0 Å². The summed E-state index contributed by atoms with van der Waals surface area (Å²) in [7, 11) is -1.44. The molecule has 5 heteroatoms. The van der Waals surface area contributed by atoms with Crippen molar-refractivity contribution in [1.29, 1.82) is 0 Å². The molecule has 0 spiro atoms. The Morgan fingerprint density at radius 2 is 1.74 bits per heavy atom. The third kappa shape index (κ3) is 3.01. The first-order chi connectivity index (χ1) is 10.9. The molecule has 0 heterocycles. The summed E-state index contributed by atoms with van der Waals surface area (Å²) >= 11 is 0. The monoisotopic (exact) mass is 329 g/mol. The molecule has 120 valence electrons. The predicted octanol–water partition coefficient (Wildman–Crippen LogP) is 2.85. The molecule has 3 rings (SSSR count). The number of sulfone groups is 1. The number of fused-ring (bicyclic) bond motifs is 1. The van der Waals surface area contributed by atoms with Crippen LogP contribution in [-0.4, -0.2) is 32.5 Å². The third-order valence-corrected chi connectivity index (χ3v) is 5.55. The van der Waals surface area contributed by atoms with Crippen molar-refractivity contribution in [3.05, 3.63) is 65.2 Å². The number of hydrogen-bond donors (Lipinski definition) is 0. The summed E-state index contributed by atoms with van der Waals surface area (Å²) in [6.07, 6.45) is 3.06. The van der Waals surface area contributed by atoms with Crippen LogP contribution in [0.5, 0.6) is 0 Å². The number of carbonyl (C=O) groups excluding carboxylic acids is 1. The average Bonchev–Trinajstić information content (AvgIpc) is 2.97. The molecule has 1 atom stereocenters. The van der Waals surface area contributed by atoms with Gasteiger partial charge in [-0.1, -0.05) is 24.3 Å². The molecule has 0 bridgehead atoms. The van der Waals surface area contributed by atoms with Gasteiger partial charge < -0.3 is 4.90 Å². The first-order valence-electron chi connectivity index (χ1n) is 7.53. The van der Waals surface area contributed by atoms with Gasteiger partial charge in [0.15, 0.2) is 9.84 Å². The summed E-state index contributed by atoms with van der Waals surface area (Å²) in [5.41, 5.74) is 3.00. The molecule has 0 radical (unpaired) electrons. The van der Waals surface area contributed by atoms with Crippen LogP contribution in [0, 0.1) is 0 Å². The second-order valence-electron chi connectivity index (χ2n) is 5.97. The topological polar surface area (TPSA) is 54.5 Å². The van der Waals surface area contributed by atoms with E-state index in [4.69, 9.17) is 0 Å². The Kier molecular flexibility index (Phi) is 3.98. The van der Waals surface area contributed by atoms with Crippen LogP contribution in [0.15, 0.2) is 53.4 Å². The fraction of sp³-hybridized carbons (Fsp3) is 0.278. The summed E-state index contributed by atoms with van der Waals surface area (Å²) < 4.78 is 23.0.